The molecule has 1 N–H and O–H groups in total. The fourth-order valence-corrected chi connectivity index (χ4v) is 3.14. The summed E-state index contributed by atoms with van der Waals surface area (Å²) in [5.41, 5.74) is 1.35. The highest BCUT2D eigenvalue weighted by Crippen LogP contribution is 2.28. The van der Waals surface area contributed by atoms with Gasteiger partial charge in [-0.2, -0.15) is 0 Å². The van der Waals surface area contributed by atoms with Crippen molar-refractivity contribution >= 4 is 11.3 Å². The van der Waals surface area contributed by atoms with E-state index in [1.165, 1.54) is 10.4 Å². The molecule has 1 nitrogen and oxygen atoms in total. The van der Waals surface area contributed by atoms with Crippen LogP contribution < -0.4 is 5.32 Å². The van der Waals surface area contributed by atoms with Crippen molar-refractivity contribution in [2.75, 3.05) is 0 Å². The van der Waals surface area contributed by atoms with Gasteiger partial charge in [-0.3, -0.25) is 0 Å². The SMILES string of the molecule is CC(NC(c1cccs1)C(C)C)c1ccccc1. The molecule has 2 aromatic rings. The van der Waals surface area contributed by atoms with Crippen molar-refractivity contribution in [3.8, 4) is 0 Å². The summed E-state index contributed by atoms with van der Waals surface area (Å²) in [6, 6.07) is 15.8. The Bertz CT molecular complexity index is 447. The molecule has 1 aromatic heterocycles. The molecule has 0 spiro atoms. The van der Waals surface area contributed by atoms with Gasteiger partial charge in [-0.05, 0) is 29.9 Å². The maximum absolute atomic E-state index is 3.75. The summed E-state index contributed by atoms with van der Waals surface area (Å²) in [6.07, 6.45) is 0. The predicted octanol–water partition coefficient (Wildman–Crippen LogP) is 4.80. The standard InChI is InChI=1S/C16H21NS/c1-12(2)16(15-10-7-11-18-15)17-13(3)14-8-5-4-6-9-14/h4-13,16-17H,1-3H3. The van der Waals surface area contributed by atoms with Gasteiger partial charge in [0.25, 0.3) is 0 Å². The van der Waals surface area contributed by atoms with E-state index in [1.54, 1.807) is 0 Å². The van der Waals surface area contributed by atoms with Crippen LogP contribution in [0.2, 0.25) is 0 Å². The minimum atomic E-state index is 0.376. The molecule has 2 unspecified atom stereocenters. The fourth-order valence-electron chi connectivity index (χ4n) is 2.18. The molecule has 0 saturated carbocycles. The molecule has 2 atom stereocenters. The first kappa shape index (κ1) is 13.3. The Hall–Kier alpha value is -1.12. The summed E-state index contributed by atoms with van der Waals surface area (Å²) >= 11 is 1.83. The number of hydrogen-bond acceptors (Lipinski definition) is 2. The molecule has 2 heteroatoms. The average Bonchev–Trinajstić information content (AvgIpc) is 2.90. The van der Waals surface area contributed by atoms with Crippen LogP contribution in [-0.4, -0.2) is 0 Å². The Kier molecular flexibility index (Phi) is 4.56. The van der Waals surface area contributed by atoms with Gasteiger partial charge in [0, 0.05) is 17.0 Å². The highest BCUT2D eigenvalue weighted by molar-refractivity contribution is 7.10. The van der Waals surface area contributed by atoms with E-state index in [4.69, 9.17) is 0 Å². The zero-order chi connectivity index (χ0) is 13.0. The lowest BCUT2D eigenvalue weighted by Crippen LogP contribution is -2.27. The van der Waals surface area contributed by atoms with Crippen molar-refractivity contribution in [2.24, 2.45) is 5.92 Å². The van der Waals surface area contributed by atoms with Crippen LogP contribution in [0, 0.1) is 5.92 Å². The summed E-state index contributed by atoms with van der Waals surface area (Å²) in [6.45, 7) is 6.78. The molecule has 1 heterocycles. The first-order valence-electron chi connectivity index (χ1n) is 6.53. The van der Waals surface area contributed by atoms with Crippen molar-refractivity contribution < 1.29 is 0 Å². The zero-order valence-electron chi connectivity index (χ0n) is 11.3. The van der Waals surface area contributed by atoms with Crippen molar-refractivity contribution in [3.63, 3.8) is 0 Å². The monoisotopic (exact) mass is 259 g/mol. The normalized spacial score (nSPS) is 14.7. The van der Waals surface area contributed by atoms with Crippen LogP contribution >= 0.6 is 11.3 Å². The van der Waals surface area contributed by atoms with E-state index in [2.05, 4.69) is 73.9 Å². The molecule has 0 amide bonds. The lowest BCUT2D eigenvalue weighted by Gasteiger charge is -2.26. The van der Waals surface area contributed by atoms with Gasteiger partial charge in [-0.1, -0.05) is 50.2 Å². The van der Waals surface area contributed by atoms with Crippen LogP contribution in [-0.2, 0) is 0 Å². The van der Waals surface area contributed by atoms with Gasteiger partial charge in [0.05, 0.1) is 0 Å². The Morgan fingerprint density at radius 1 is 0.944 bits per heavy atom. The molecular weight excluding hydrogens is 238 g/mol. The van der Waals surface area contributed by atoms with E-state index in [0.29, 0.717) is 18.0 Å². The summed E-state index contributed by atoms with van der Waals surface area (Å²) in [5, 5.41) is 5.90. The van der Waals surface area contributed by atoms with Crippen LogP contribution in [0.25, 0.3) is 0 Å². The van der Waals surface area contributed by atoms with Crippen LogP contribution in [0.1, 0.15) is 43.3 Å². The molecule has 0 fully saturated rings. The number of hydrogen-bond donors (Lipinski definition) is 1. The smallest absolute Gasteiger partial charge is 0.0442 e. The van der Waals surface area contributed by atoms with Crippen molar-refractivity contribution in [2.45, 2.75) is 32.9 Å². The van der Waals surface area contributed by atoms with Gasteiger partial charge >= 0.3 is 0 Å². The highest BCUT2D eigenvalue weighted by atomic mass is 32.1. The summed E-state index contributed by atoms with van der Waals surface area (Å²) in [4.78, 5) is 1.42. The lowest BCUT2D eigenvalue weighted by atomic mass is 10.00. The molecule has 0 bridgehead atoms. The fraction of sp³-hybridized carbons (Fsp3) is 0.375. The minimum Gasteiger partial charge on any atom is -0.302 e. The molecule has 2 rings (SSSR count). The summed E-state index contributed by atoms with van der Waals surface area (Å²) in [5.74, 6) is 0.592. The lowest BCUT2D eigenvalue weighted by molar-refractivity contribution is 0.379. The van der Waals surface area contributed by atoms with Gasteiger partial charge in [0.1, 0.15) is 0 Å². The molecule has 0 aliphatic rings. The van der Waals surface area contributed by atoms with Gasteiger partial charge < -0.3 is 5.32 Å². The third-order valence-electron chi connectivity index (χ3n) is 3.25. The molecule has 96 valence electrons. The van der Waals surface area contributed by atoms with Crippen LogP contribution in [0.4, 0.5) is 0 Å². The van der Waals surface area contributed by atoms with E-state index in [-0.39, 0.29) is 0 Å². The van der Waals surface area contributed by atoms with Crippen molar-refractivity contribution in [1.82, 2.24) is 5.32 Å². The number of benzene rings is 1. The molecule has 18 heavy (non-hydrogen) atoms. The first-order valence-corrected chi connectivity index (χ1v) is 7.41. The average molecular weight is 259 g/mol. The number of thiophene rings is 1. The second-order valence-corrected chi connectivity index (χ2v) is 6.02. The third-order valence-corrected chi connectivity index (χ3v) is 4.20. The van der Waals surface area contributed by atoms with Crippen molar-refractivity contribution in [1.29, 1.82) is 0 Å². The van der Waals surface area contributed by atoms with E-state index in [1.807, 2.05) is 11.3 Å². The second-order valence-electron chi connectivity index (χ2n) is 5.04. The van der Waals surface area contributed by atoms with Gasteiger partial charge in [0.2, 0.25) is 0 Å². The topological polar surface area (TPSA) is 12.0 Å². The largest absolute Gasteiger partial charge is 0.302 e. The number of nitrogens with one attached hydrogen (secondary N) is 1. The highest BCUT2D eigenvalue weighted by Gasteiger charge is 2.19. The Morgan fingerprint density at radius 2 is 1.67 bits per heavy atom. The van der Waals surface area contributed by atoms with Crippen LogP contribution in [0.5, 0.6) is 0 Å². The first-order chi connectivity index (χ1) is 8.68. The maximum atomic E-state index is 3.75. The van der Waals surface area contributed by atoms with E-state index >= 15 is 0 Å². The molecule has 0 aliphatic heterocycles. The summed E-state index contributed by atoms with van der Waals surface area (Å²) < 4.78 is 0. The van der Waals surface area contributed by atoms with E-state index < -0.39 is 0 Å². The maximum Gasteiger partial charge on any atom is 0.0442 e. The molecule has 0 saturated heterocycles. The molecular formula is C16H21NS. The molecule has 1 aromatic carbocycles. The van der Waals surface area contributed by atoms with Crippen LogP contribution in [0.15, 0.2) is 47.8 Å². The van der Waals surface area contributed by atoms with E-state index in [9.17, 15) is 0 Å². The van der Waals surface area contributed by atoms with Crippen molar-refractivity contribution in [3.05, 3.63) is 58.3 Å². The zero-order valence-corrected chi connectivity index (χ0v) is 12.1. The number of rotatable bonds is 5. The minimum absolute atomic E-state index is 0.376. The Balaban J connectivity index is 2.11. The Morgan fingerprint density at radius 3 is 2.22 bits per heavy atom. The van der Waals surface area contributed by atoms with Gasteiger partial charge in [0.15, 0.2) is 0 Å². The third kappa shape index (κ3) is 3.21. The summed E-state index contributed by atoms with van der Waals surface area (Å²) in [7, 11) is 0. The van der Waals surface area contributed by atoms with Gasteiger partial charge in [-0.25, -0.2) is 0 Å². The Labute approximate surface area is 114 Å². The van der Waals surface area contributed by atoms with Gasteiger partial charge in [-0.15, -0.1) is 11.3 Å². The quantitative estimate of drug-likeness (QED) is 0.813. The van der Waals surface area contributed by atoms with E-state index in [0.717, 1.165) is 0 Å². The molecule has 0 aliphatic carbocycles. The molecule has 0 radical (unpaired) electrons. The van der Waals surface area contributed by atoms with Crippen LogP contribution in [0.3, 0.4) is 0 Å². The second kappa shape index (κ2) is 6.17. The predicted molar refractivity (Wildman–Crippen MR) is 79.9 cm³/mol.